The Morgan fingerprint density at radius 3 is 2.83 bits per heavy atom. The lowest BCUT2D eigenvalue weighted by molar-refractivity contribution is 0.293. The van der Waals surface area contributed by atoms with E-state index in [4.69, 9.17) is 11.6 Å². The Kier molecular flexibility index (Phi) is 4.70. The van der Waals surface area contributed by atoms with Crippen molar-refractivity contribution >= 4 is 28.2 Å². The van der Waals surface area contributed by atoms with E-state index in [1.807, 2.05) is 41.2 Å². The lowest BCUT2D eigenvalue weighted by Gasteiger charge is -2.26. The van der Waals surface area contributed by atoms with Crippen LogP contribution in [0.4, 0.5) is 0 Å². The summed E-state index contributed by atoms with van der Waals surface area (Å²) < 4.78 is 1.94. The predicted molar refractivity (Wildman–Crippen MR) is 117 cm³/mol. The van der Waals surface area contributed by atoms with E-state index in [1.54, 1.807) is 0 Å². The first kappa shape index (κ1) is 18.2. The van der Waals surface area contributed by atoms with Crippen LogP contribution in [0, 0.1) is 6.92 Å². The molecule has 146 valence electrons. The van der Waals surface area contributed by atoms with Crippen molar-refractivity contribution in [1.82, 2.24) is 24.6 Å². The minimum atomic E-state index is 0.736. The van der Waals surface area contributed by atoms with Gasteiger partial charge in [-0.25, -0.2) is 9.67 Å². The number of nitrogens with zero attached hydrogens (tertiary/aromatic N) is 4. The summed E-state index contributed by atoms with van der Waals surface area (Å²) in [6.07, 6.45) is 9.42. The van der Waals surface area contributed by atoms with Gasteiger partial charge >= 0.3 is 0 Å². The van der Waals surface area contributed by atoms with Gasteiger partial charge in [-0.1, -0.05) is 17.7 Å². The number of benzene rings is 1. The second kappa shape index (κ2) is 7.50. The summed E-state index contributed by atoms with van der Waals surface area (Å²) in [4.78, 5) is 10.1. The van der Waals surface area contributed by atoms with Crippen molar-refractivity contribution in [3.8, 4) is 5.69 Å². The molecule has 0 saturated carbocycles. The Bertz CT molecular complexity index is 1190. The van der Waals surface area contributed by atoms with E-state index in [9.17, 15) is 0 Å². The summed E-state index contributed by atoms with van der Waals surface area (Å²) in [5, 5.41) is 6.62. The Morgan fingerprint density at radius 1 is 1.17 bits per heavy atom. The van der Waals surface area contributed by atoms with Crippen molar-refractivity contribution in [1.29, 1.82) is 0 Å². The molecule has 0 aliphatic carbocycles. The van der Waals surface area contributed by atoms with Crippen LogP contribution in [-0.2, 0) is 6.54 Å². The van der Waals surface area contributed by atoms with Gasteiger partial charge in [0.05, 0.1) is 11.4 Å². The number of fused-ring (bicyclic) bond motifs is 1. The van der Waals surface area contributed by atoms with E-state index < -0.39 is 0 Å². The van der Waals surface area contributed by atoms with Crippen molar-refractivity contribution in [2.24, 2.45) is 0 Å². The van der Waals surface area contributed by atoms with Gasteiger partial charge in [-0.05, 0) is 55.3 Å². The van der Waals surface area contributed by atoms with Crippen molar-refractivity contribution in [3.05, 3.63) is 82.9 Å². The second-order valence-corrected chi connectivity index (χ2v) is 7.91. The van der Waals surface area contributed by atoms with Crippen molar-refractivity contribution in [2.75, 3.05) is 13.1 Å². The minimum absolute atomic E-state index is 0.736. The molecule has 1 aromatic carbocycles. The number of halogens is 1. The molecule has 0 atom stereocenters. The first-order chi connectivity index (χ1) is 14.2. The monoisotopic (exact) mass is 403 g/mol. The molecule has 29 heavy (non-hydrogen) atoms. The number of rotatable bonds is 4. The average molecular weight is 404 g/mol. The molecule has 0 unspecified atom stereocenters. The van der Waals surface area contributed by atoms with Crippen LogP contribution in [0.5, 0.6) is 0 Å². The lowest BCUT2D eigenvalue weighted by atomic mass is 9.99. The third kappa shape index (κ3) is 3.59. The highest BCUT2D eigenvalue weighted by atomic mass is 35.5. The molecule has 0 saturated heterocycles. The number of pyridine rings is 1. The highest BCUT2D eigenvalue weighted by Crippen LogP contribution is 2.29. The van der Waals surface area contributed by atoms with Crippen LogP contribution < -0.4 is 0 Å². The minimum Gasteiger partial charge on any atom is -0.346 e. The van der Waals surface area contributed by atoms with E-state index in [2.05, 4.69) is 51.4 Å². The molecule has 0 amide bonds. The maximum atomic E-state index is 6.00. The molecule has 0 radical (unpaired) electrons. The van der Waals surface area contributed by atoms with Gasteiger partial charge in [0.1, 0.15) is 5.65 Å². The standard InChI is InChI=1S/C23H22ClN5/c1-16-18(15-29(27-16)20-6-4-19(24)5-7-20)14-28-11-8-17(9-12-28)22-13-26-23-21(22)3-2-10-25-23/h2-8,10,13,15H,9,11-12,14H2,1H3,(H,25,26). The predicted octanol–water partition coefficient (Wildman–Crippen LogP) is 5.00. The summed E-state index contributed by atoms with van der Waals surface area (Å²) in [6, 6.07) is 11.9. The van der Waals surface area contributed by atoms with Gasteiger partial charge in [-0.3, -0.25) is 4.90 Å². The summed E-state index contributed by atoms with van der Waals surface area (Å²) in [6.45, 7) is 4.95. The number of nitrogens with one attached hydrogen (secondary N) is 1. The molecule has 1 N–H and O–H groups in total. The Morgan fingerprint density at radius 2 is 2.03 bits per heavy atom. The van der Waals surface area contributed by atoms with Crippen LogP contribution in [0.2, 0.25) is 5.02 Å². The van der Waals surface area contributed by atoms with Crippen LogP contribution in [0.15, 0.2) is 61.1 Å². The third-order valence-corrected chi connectivity index (χ3v) is 5.83. The summed E-state index contributed by atoms with van der Waals surface area (Å²) in [5.74, 6) is 0. The zero-order valence-electron chi connectivity index (χ0n) is 16.3. The Hall–Kier alpha value is -2.89. The normalized spacial score (nSPS) is 15.0. The molecule has 0 spiro atoms. The van der Waals surface area contributed by atoms with Crippen LogP contribution in [0.3, 0.4) is 0 Å². The fourth-order valence-electron chi connectivity index (χ4n) is 3.94. The van der Waals surface area contributed by atoms with Crippen molar-refractivity contribution in [2.45, 2.75) is 19.9 Å². The number of aryl methyl sites for hydroxylation is 1. The lowest BCUT2D eigenvalue weighted by Crippen LogP contribution is -2.28. The first-order valence-corrected chi connectivity index (χ1v) is 10.2. The van der Waals surface area contributed by atoms with Crippen LogP contribution in [-0.4, -0.2) is 37.7 Å². The van der Waals surface area contributed by atoms with Crippen molar-refractivity contribution < 1.29 is 0 Å². The molecule has 6 heteroatoms. The largest absolute Gasteiger partial charge is 0.346 e. The molecule has 4 heterocycles. The molecule has 1 aliphatic rings. The zero-order valence-corrected chi connectivity index (χ0v) is 17.0. The van der Waals surface area contributed by atoms with Crippen LogP contribution >= 0.6 is 11.6 Å². The number of aromatic nitrogens is 4. The first-order valence-electron chi connectivity index (χ1n) is 9.82. The van der Waals surface area contributed by atoms with E-state index in [1.165, 1.54) is 22.1 Å². The number of hydrogen-bond acceptors (Lipinski definition) is 3. The Labute approximate surface area is 174 Å². The van der Waals surface area contributed by atoms with Gasteiger partial charge in [0, 0.05) is 59.8 Å². The molecular weight excluding hydrogens is 382 g/mol. The van der Waals surface area contributed by atoms with Gasteiger partial charge < -0.3 is 4.98 Å². The van der Waals surface area contributed by atoms with Gasteiger partial charge in [-0.2, -0.15) is 5.10 Å². The fourth-order valence-corrected chi connectivity index (χ4v) is 4.06. The fraction of sp³-hybridized carbons (Fsp3) is 0.217. The number of aromatic amines is 1. The van der Waals surface area contributed by atoms with E-state index in [-0.39, 0.29) is 0 Å². The smallest absolute Gasteiger partial charge is 0.137 e. The highest BCUT2D eigenvalue weighted by Gasteiger charge is 2.17. The van der Waals surface area contributed by atoms with Crippen LogP contribution in [0.25, 0.3) is 22.3 Å². The molecule has 4 aromatic rings. The maximum Gasteiger partial charge on any atom is 0.137 e. The van der Waals surface area contributed by atoms with E-state index >= 15 is 0 Å². The SMILES string of the molecule is Cc1nn(-c2ccc(Cl)cc2)cc1CN1CC=C(c2c[nH]c3ncccc23)CC1. The molecule has 1 aliphatic heterocycles. The van der Waals surface area contributed by atoms with Crippen molar-refractivity contribution in [3.63, 3.8) is 0 Å². The summed E-state index contributed by atoms with van der Waals surface area (Å²) in [5.41, 5.74) is 6.98. The number of hydrogen-bond donors (Lipinski definition) is 1. The van der Waals surface area contributed by atoms with E-state index in [0.717, 1.165) is 48.1 Å². The molecule has 0 bridgehead atoms. The second-order valence-electron chi connectivity index (χ2n) is 7.48. The maximum absolute atomic E-state index is 6.00. The van der Waals surface area contributed by atoms with Gasteiger partial charge in [-0.15, -0.1) is 0 Å². The average Bonchev–Trinajstić information content (AvgIpc) is 3.33. The molecule has 5 nitrogen and oxygen atoms in total. The van der Waals surface area contributed by atoms with Gasteiger partial charge in [0.15, 0.2) is 0 Å². The molecule has 5 rings (SSSR count). The van der Waals surface area contributed by atoms with E-state index in [0.29, 0.717) is 0 Å². The van der Waals surface area contributed by atoms with Gasteiger partial charge in [0.2, 0.25) is 0 Å². The third-order valence-electron chi connectivity index (χ3n) is 5.58. The topological polar surface area (TPSA) is 49.7 Å². The molecule has 0 fully saturated rings. The molecular formula is C23H22ClN5. The quantitative estimate of drug-likeness (QED) is 0.521. The molecule has 3 aromatic heterocycles. The number of H-pyrrole nitrogens is 1. The van der Waals surface area contributed by atoms with Crippen LogP contribution in [0.1, 0.15) is 23.2 Å². The highest BCUT2D eigenvalue weighted by molar-refractivity contribution is 6.30. The Balaban J connectivity index is 1.31. The summed E-state index contributed by atoms with van der Waals surface area (Å²) >= 11 is 6.00. The summed E-state index contributed by atoms with van der Waals surface area (Å²) in [7, 11) is 0. The zero-order chi connectivity index (χ0) is 19.8. The van der Waals surface area contributed by atoms with Gasteiger partial charge in [0.25, 0.3) is 0 Å².